The molecule has 0 spiro atoms. The first kappa shape index (κ1) is 20.7. The van der Waals surface area contributed by atoms with Crippen molar-refractivity contribution >= 4 is 34.3 Å². The monoisotopic (exact) mass is 450 g/mol. The fraction of sp³-hybridized carbons (Fsp3) is 0.292. The molecule has 0 bridgehead atoms. The molecule has 2 aliphatic heterocycles. The van der Waals surface area contributed by atoms with Crippen molar-refractivity contribution in [2.75, 3.05) is 33.2 Å². The highest BCUT2D eigenvalue weighted by molar-refractivity contribution is 6.31. The summed E-state index contributed by atoms with van der Waals surface area (Å²) in [5, 5.41) is 7.36. The average Bonchev–Trinajstić information content (AvgIpc) is 3.26. The van der Waals surface area contributed by atoms with E-state index in [1.807, 2.05) is 29.2 Å². The highest BCUT2D eigenvalue weighted by atomic mass is 35.5. The first-order valence-corrected chi connectivity index (χ1v) is 11.0. The van der Waals surface area contributed by atoms with Crippen molar-refractivity contribution in [3.05, 3.63) is 58.7 Å². The molecule has 3 heterocycles. The molecule has 1 atom stereocenters. The van der Waals surface area contributed by atoms with E-state index in [2.05, 4.69) is 15.6 Å². The number of carbonyl (C=O) groups is 2. The van der Waals surface area contributed by atoms with Crippen molar-refractivity contribution in [2.24, 2.45) is 0 Å². The number of nitrogens with zero attached hydrogens (tertiary/aromatic N) is 2. The molecule has 3 aromatic rings. The predicted octanol–water partition coefficient (Wildman–Crippen LogP) is 2.65. The van der Waals surface area contributed by atoms with Gasteiger partial charge in [-0.3, -0.25) is 14.6 Å². The van der Waals surface area contributed by atoms with E-state index in [9.17, 15) is 9.59 Å². The van der Waals surface area contributed by atoms with Gasteiger partial charge in [0.15, 0.2) is 6.10 Å². The maximum atomic E-state index is 13.0. The van der Waals surface area contributed by atoms with Crippen molar-refractivity contribution in [1.82, 2.24) is 20.5 Å². The Balaban J connectivity index is 1.53. The van der Waals surface area contributed by atoms with Crippen LogP contribution < -0.4 is 15.4 Å². The smallest absolute Gasteiger partial charge is 0.264 e. The van der Waals surface area contributed by atoms with E-state index in [0.29, 0.717) is 41.4 Å². The number of benzene rings is 2. The maximum absolute atomic E-state index is 13.0. The van der Waals surface area contributed by atoms with Gasteiger partial charge in [0.25, 0.3) is 11.8 Å². The molecule has 1 fully saturated rings. The normalized spacial score (nSPS) is 17.7. The number of rotatable bonds is 3. The number of fused-ring (bicyclic) bond motifs is 2. The van der Waals surface area contributed by atoms with Crippen LogP contribution in [0.5, 0.6) is 5.75 Å². The molecule has 2 aromatic carbocycles. The molecule has 1 aromatic heterocycles. The Morgan fingerprint density at radius 2 is 1.97 bits per heavy atom. The summed E-state index contributed by atoms with van der Waals surface area (Å²) in [6, 6.07) is 11.1. The largest absolute Gasteiger partial charge is 0.479 e. The minimum Gasteiger partial charge on any atom is -0.479 e. The van der Waals surface area contributed by atoms with Crippen LogP contribution in [0.2, 0.25) is 5.02 Å². The number of carbonyl (C=O) groups excluding carboxylic acids is 2. The van der Waals surface area contributed by atoms with E-state index < -0.39 is 6.10 Å². The number of hydrogen-bond acceptors (Lipinski definition) is 5. The number of piperazine rings is 1. The number of halogens is 1. The molecule has 2 N–H and O–H groups in total. The molecule has 0 unspecified atom stereocenters. The third kappa shape index (κ3) is 3.67. The fourth-order valence-electron chi connectivity index (χ4n) is 4.42. The van der Waals surface area contributed by atoms with Gasteiger partial charge in [0.1, 0.15) is 5.75 Å². The van der Waals surface area contributed by atoms with E-state index in [-0.39, 0.29) is 11.8 Å². The lowest BCUT2D eigenvalue weighted by atomic mass is 9.97. The van der Waals surface area contributed by atoms with Gasteiger partial charge in [-0.05, 0) is 35.9 Å². The van der Waals surface area contributed by atoms with Crippen molar-refractivity contribution < 1.29 is 14.3 Å². The van der Waals surface area contributed by atoms with Crippen LogP contribution in [0.1, 0.15) is 15.9 Å². The van der Waals surface area contributed by atoms with Crippen LogP contribution in [-0.2, 0) is 11.2 Å². The minimum absolute atomic E-state index is 0.0135. The lowest BCUT2D eigenvalue weighted by Gasteiger charge is -2.29. The maximum Gasteiger partial charge on any atom is 0.264 e. The summed E-state index contributed by atoms with van der Waals surface area (Å²) >= 11 is 6.46. The van der Waals surface area contributed by atoms with E-state index in [0.717, 1.165) is 35.2 Å². The van der Waals surface area contributed by atoms with Crippen LogP contribution in [-0.4, -0.2) is 61.0 Å². The standard InChI is InChI=1S/C24H23ClN4O3/c1-26-23(30)14-2-3-18-17(4-5-28-20(18)11-14)19-13-16(25)10-15-12-21(32-22(15)19)24(31)29-8-6-27-7-9-29/h2-5,10-11,13,21,27H,6-9,12H2,1H3,(H,26,30)/t21-/m0/s1. The number of nitrogens with one attached hydrogen (secondary N) is 2. The molecule has 164 valence electrons. The Morgan fingerprint density at radius 3 is 2.75 bits per heavy atom. The number of pyridine rings is 1. The van der Waals surface area contributed by atoms with Crippen molar-refractivity contribution in [3.63, 3.8) is 0 Å². The van der Waals surface area contributed by atoms with Crippen molar-refractivity contribution in [1.29, 1.82) is 0 Å². The van der Waals surface area contributed by atoms with Gasteiger partial charge in [-0.2, -0.15) is 0 Å². The highest BCUT2D eigenvalue weighted by Crippen LogP contribution is 2.43. The van der Waals surface area contributed by atoms with Crippen LogP contribution in [0.3, 0.4) is 0 Å². The van der Waals surface area contributed by atoms with Crippen LogP contribution in [0.4, 0.5) is 0 Å². The molecule has 1 saturated heterocycles. The Hall–Kier alpha value is -3.16. The molecular formula is C24H23ClN4O3. The molecule has 0 aliphatic carbocycles. The van der Waals surface area contributed by atoms with E-state index in [1.165, 1.54) is 0 Å². The summed E-state index contributed by atoms with van der Waals surface area (Å²) in [4.78, 5) is 31.4. The highest BCUT2D eigenvalue weighted by Gasteiger charge is 2.35. The predicted molar refractivity (Wildman–Crippen MR) is 123 cm³/mol. The zero-order valence-electron chi connectivity index (χ0n) is 17.7. The Labute approximate surface area is 190 Å². The molecule has 5 rings (SSSR count). The van der Waals surface area contributed by atoms with Gasteiger partial charge >= 0.3 is 0 Å². The zero-order chi connectivity index (χ0) is 22.2. The SMILES string of the molecule is CNC(=O)c1ccc2c(-c3cc(Cl)cc4c3O[C@H](C(=O)N3CCNCC3)C4)ccnc2c1. The van der Waals surface area contributed by atoms with Crippen LogP contribution in [0.15, 0.2) is 42.6 Å². The van der Waals surface area contributed by atoms with Gasteiger partial charge in [-0.15, -0.1) is 0 Å². The van der Waals surface area contributed by atoms with E-state index in [4.69, 9.17) is 16.3 Å². The van der Waals surface area contributed by atoms with Crippen LogP contribution >= 0.6 is 11.6 Å². The molecule has 2 aliphatic rings. The first-order valence-electron chi connectivity index (χ1n) is 10.6. The topological polar surface area (TPSA) is 83.6 Å². The van der Waals surface area contributed by atoms with E-state index in [1.54, 1.807) is 25.4 Å². The third-order valence-electron chi connectivity index (χ3n) is 6.02. The molecule has 7 nitrogen and oxygen atoms in total. The van der Waals surface area contributed by atoms with Gasteiger partial charge in [0.2, 0.25) is 0 Å². The van der Waals surface area contributed by atoms with Crippen molar-refractivity contribution in [2.45, 2.75) is 12.5 Å². The fourth-order valence-corrected chi connectivity index (χ4v) is 4.66. The number of hydrogen-bond donors (Lipinski definition) is 2. The molecule has 2 amide bonds. The van der Waals surface area contributed by atoms with Gasteiger partial charge in [-0.1, -0.05) is 17.7 Å². The van der Waals surface area contributed by atoms with E-state index >= 15 is 0 Å². The zero-order valence-corrected chi connectivity index (χ0v) is 18.4. The molecular weight excluding hydrogens is 428 g/mol. The first-order chi connectivity index (χ1) is 15.5. The summed E-state index contributed by atoms with van der Waals surface area (Å²) in [6.07, 6.45) is 1.65. The second-order valence-corrected chi connectivity index (χ2v) is 8.43. The molecule has 0 saturated carbocycles. The molecule has 32 heavy (non-hydrogen) atoms. The molecule has 8 heteroatoms. The van der Waals surface area contributed by atoms with Gasteiger partial charge in [-0.25, -0.2) is 0 Å². The van der Waals surface area contributed by atoms with Crippen LogP contribution in [0.25, 0.3) is 22.0 Å². The van der Waals surface area contributed by atoms with Crippen molar-refractivity contribution in [3.8, 4) is 16.9 Å². The van der Waals surface area contributed by atoms with Gasteiger partial charge in [0, 0.05) is 72.9 Å². The summed E-state index contributed by atoms with van der Waals surface area (Å²) in [6.45, 7) is 2.96. The quantitative estimate of drug-likeness (QED) is 0.641. The van der Waals surface area contributed by atoms with Gasteiger partial charge < -0.3 is 20.3 Å². The lowest BCUT2D eigenvalue weighted by molar-refractivity contribution is -0.138. The average molecular weight is 451 g/mol. The number of amides is 2. The number of ether oxygens (including phenoxy) is 1. The Bertz CT molecular complexity index is 1220. The summed E-state index contributed by atoms with van der Waals surface area (Å²) in [5.74, 6) is 0.533. The van der Waals surface area contributed by atoms with Gasteiger partial charge in [0.05, 0.1) is 5.52 Å². The Morgan fingerprint density at radius 1 is 1.16 bits per heavy atom. The third-order valence-corrected chi connectivity index (χ3v) is 6.24. The summed E-state index contributed by atoms with van der Waals surface area (Å²) in [7, 11) is 1.60. The minimum atomic E-state index is -0.548. The second kappa shape index (κ2) is 8.41. The Kier molecular flexibility index (Phi) is 5.45. The second-order valence-electron chi connectivity index (χ2n) is 8.00. The summed E-state index contributed by atoms with van der Waals surface area (Å²) < 4.78 is 6.24. The van der Waals surface area contributed by atoms with Crippen LogP contribution in [0, 0.1) is 0 Å². The number of aromatic nitrogens is 1. The lowest BCUT2D eigenvalue weighted by Crippen LogP contribution is -2.50. The summed E-state index contributed by atoms with van der Waals surface area (Å²) in [5.41, 5.74) is 3.88. The molecule has 0 radical (unpaired) electrons.